The number of rotatable bonds is 4. The fourth-order valence-corrected chi connectivity index (χ4v) is 0.703. The molecule has 0 spiro atoms. The monoisotopic (exact) mass is 163 g/mol. The number of allylic oxidation sites excluding steroid dienone is 6. The zero-order chi connectivity index (χ0) is 9.56. The summed E-state index contributed by atoms with van der Waals surface area (Å²) in [4.78, 5) is 0. The van der Waals surface area contributed by atoms with Crippen molar-refractivity contribution in [3.8, 4) is 0 Å². The summed E-state index contributed by atoms with van der Waals surface area (Å²) < 4.78 is 0. The normalized spacial score (nSPS) is 12.6. The van der Waals surface area contributed by atoms with Crippen molar-refractivity contribution in [2.24, 2.45) is 0 Å². The Bertz CT molecular complexity index is 231. The van der Waals surface area contributed by atoms with Gasteiger partial charge in [-0.2, -0.15) is 0 Å². The average Bonchev–Trinajstić information content (AvgIpc) is 1.99. The fraction of sp³-hybridized carbons (Fsp3) is 0.273. The minimum Gasteiger partial charge on any atom is -0.363 e. The maximum Gasteiger partial charge on any atom is 0.0117 e. The Kier molecular flexibility index (Phi) is 4.86. The smallest absolute Gasteiger partial charge is 0.0117 e. The van der Waals surface area contributed by atoms with Gasteiger partial charge >= 0.3 is 0 Å². The number of hydrogen-bond donors (Lipinski definition) is 1. The average molecular weight is 163 g/mol. The molecule has 0 atom stereocenters. The molecular formula is C11H17N. The zero-order valence-electron chi connectivity index (χ0n) is 8.15. The van der Waals surface area contributed by atoms with Crippen LogP contribution in [0.3, 0.4) is 0 Å². The van der Waals surface area contributed by atoms with Crippen LogP contribution in [0.1, 0.15) is 20.8 Å². The summed E-state index contributed by atoms with van der Waals surface area (Å²) in [6.07, 6.45) is 5.84. The minimum atomic E-state index is 0.952. The molecule has 0 heterocycles. The van der Waals surface area contributed by atoms with Crippen molar-refractivity contribution in [1.29, 1.82) is 0 Å². The third-order valence-corrected chi connectivity index (χ3v) is 1.33. The summed E-state index contributed by atoms with van der Waals surface area (Å²) >= 11 is 0. The topological polar surface area (TPSA) is 12.0 Å². The Balaban J connectivity index is 4.17. The second kappa shape index (κ2) is 5.42. The van der Waals surface area contributed by atoms with Crippen LogP contribution in [0.4, 0.5) is 0 Å². The Morgan fingerprint density at radius 3 is 2.17 bits per heavy atom. The van der Waals surface area contributed by atoms with Gasteiger partial charge in [0, 0.05) is 11.4 Å². The first-order chi connectivity index (χ1) is 5.56. The van der Waals surface area contributed by atoms with E-state index in [0.29, 0.717) is 0 Å². The van der Waals surface area contributed by atoms with Crippen molar-refractivity contribution in [3.05, 3.63) is 48.4 Å². The molecule has 0 saturated heterocycles. The van der Waals surface area contributed by atoms with E-state index in [2.05, 4.69) is 18.5 Å². The Morgan fingerprint density at radius 2 is 1.75 bits per heavy atom. The Morgan fingerprint density at radius 1 is 1.17 bits per heavy atom. The first kappa shape index (κ1) is 10.8. The van der Waals surface area contributed by atoms with Gasteiger partial charge in [-0.15, -0.1) is 0 Å². The van der Waals surface area contributed by atoms with Crippen LogP contribution in [-0.4, -0.2) is 0 Å². The fourth-order valence-electron chi connectivity index (χ4n) is 0.703. The molecule has 66 valence electrons. The SMILES string of the molecule is C=C/C(C)=C\C=C(/C)NC(=C)C. The van der Waals surface area contributed by atoms with Crippen molar-refractivity contribution in [2.45, 2.75) is 20.8 Å². The van der Waals surface area contributed by atoms with E-state index in [1.165, 1.54) is 0 Å². The molecular weight excluding hydrogens is 146 g/mol. The summed E-state index contributed by atoms with van der Waals surface area (Å²) in [5, 5.41) is 3.11. The molecule has 0 aliphatic heterocycles. The molecule has 0 radical (unpaired) electrons. The minimum absolute atomic E-state index is 0.952. The zero-order valence-corrected chi connectivity index (χ0v) is 8.15. The first-order valence-corrected chi connectivity index (χ1v) is 3.96. The highest BCUT2D eigenvalue weighted by Gasteiger charge is 1.84. The van der Waals surface area contributed by atoms with Gasteiger partial charge in [0.1, 0.15) is 0 Å². The summed E-state index contributed by atoms with van der Waals surface area (Å²) in [7, 11) is 0. The van der Waals surface area contributed by atoms with Crippen LogP contribution in [0, 0.1) is 0 Å². The maximum absolute atomic E-state index is 3.75. The third kappa shape index (κ3) is 5.54. The largest absolute Gasteiger partial charge is 0.363 e. The highest BCUT2D eigenvalue weighted by molar-refractivity contribution is 5.22. The highest BCUT2D eigenvalue weighted by atomic mass is 14.9. The van der Waals surface area contributed by atoms with Crippen LogP contribution in [0.15, 0.2) is 48.4 Å². The van der Waals surface area contributed by atoms with Crippen LogP contribution in [0.5, 0.6) is 0 Å². The van der Waals surface area contributed by atoms with Crippen LogP contribution in [0.2, 0.25) is 0 Å². The lowest BCUT2D eigenvalue weighted by Crippen LogP contribution is -2.05. The van der Waals surface area contributed by atoms with E-state index in [9.17, 15) is 0 Å². The van der Waals surface area contributed by atoms with E-state index in [1.807, 2.05) is 39.0 Å². The molecule has 0 aromatic carbocycles. The Hall–Kier alpha value is -1.24. The van der Waals surface area contributed by atoms with Gasteiger partial charge in [0.2, 0.25) is 0 Å². The van der Waals surface area contributed by atoms with E-state index in [-0.39, 0.29) is 0 Å². The predicted octanol–water partition coefficient (Wildman–Crippen LogP) is 3.15. The molecule has 0 rings (SSSR count). The van der Waals surface area contributed by atoms with Crippen molar-refractivity contribution < 1.29 is 0 Å². The highest BCUT2D eigenvalue weighted by Crippen LogP contribution is 1.97. The van der Waals surface area contributed by atoms with Crippen LogP contribution < -0.4 is 5.32 Å². The summed E-state index contributed by atoms with van der Waals surface area (Å²) in [6, 6.07) is 0. The van der Waals surface area contributed by atoms with E-state index in [1.54, 1.807) is 0 Å². The lowest BCUT2D eigenvalue weighted by Gasteiger charge is -2.02. The maximum atomic E-state index is 3.75. The van der Waals surface area contributed by atoms with Gasteiger partial charge in [-0.25, -0.2) is 0 Å². The second-order valence-electron chi connectivity index (χ2n) is 2.87. The van der Waals surface area contributed by atoms with Gasteiger partial charge < -0.3 is 5.32 Å². The van der Waals surface area contributed by atoms with E-state index in [0.717, 1.165) is 17.0 Å². The molecule has 0 amide bonds. The van der Waals surface area contributed by atoms with E-state index < -0.39 is 0 Å². The van der Waals surface area contributed by atoms with Crippen LogP contribution in [-0.2, 0) is 0 Å². The van der Waals surface area contributed by atoms with Crippen molar-refractivity contribution in [3.63, 3.8) is 0 Å². The molecule has 0 saturated carbocycles. The van der Waals surface area contributed by atoms with Gasteiger partial charge in [-0.1, -0.05) is 30.9 Å². The molecule has 0 aliphatic rings. The second-order valence-corrected chi connectivity index (χ2v) is 2.87. The molecule has 0 aromatic heterocycles. The van der Waals surface area contributed by atoms with Gasteiger partial charge in [0.15, 0.2) is 0 Å². The van der Waals surface area contributed by atoms with Crippen LogP contribution >= 0.6 is 0 Å². The number of nitrogens with one attached hydrogen (secondary N) is 1. The molecule has 12 heavy (non-hydrogen) atoms. The molecule has 0 aliphatic carbocycles. The quantitative estimate of drug-likeness (QED) is 0.628. The van der Waals surface area contributed by atoms with Gasteiger partial charge in [-0.3, -0.25) is 0 Å². The van der Waals surface area contributed by atoms with Gasteiger partial charge in [0.05, 0.1) is 0 Å². The lowest BCUT2D eigenvalue weighted by atomic mass is 10.2. The van der Waals surface area contributed by atoms with Crippen LogP contribution in [0.25, 0.3) is 0 Å². The standard InChI is InChI=1S/C11H17N/c1-6-10(4)7-8-11(5)12-9(2)3/h6-8,12H,1-2H2,3-5H3/b10-7-,11-8+. The van der Waals surface area contributed by atoms with Gasteiger partial charge in [0.25, 0.3) is 0 Å². The van der Waals surface area contributed by atoms with Crippen molar-refractivity contribution in [2.75, 3.05) is 0 Å². The van der Waals surface area contributed by atoms with Crippen molar-refractivity contribution >= 4 is 0 Å². The third-order valence-electron chi connectivity index (χ3n) is 1.33. The lowest BCUT2D eigenvalue weighted by molar-refractivity contribution is 0.975. The predicted molar refractivity (Wildman–Crippen MR) is 55.7 cm³/mol. The summed E-state index contributed by atoms with van der Waals surface area (Å²) in [5.41, 5.74) is 3.19. The molecule has 1 heteroatoms. The van der Waals surface area contributed by atoms with Gasteiger partial charge in [-0.05, 0) is 26.8 Å². The Labute approximate surface area is 75.2 Å². The van der Waals surface area contributed by atoms with Crippen molar-refractivity contribution in [1.82, 2.24) is 5.32 Å². The first-order valence-electron chi connectivity index (χ1n) is 3.96. The van der Waals surface area contributed by atoms with E-state index >= 15 is 0 Å². The summed E-state index contributed by atoms with van der Waals surface area (Å²) in [6.45, 7) is 13.4. The molecule has 0 fully saturated rings. The number of hydrogen-bond acceptors (Lipinski definition) is 1. The molecule has 0 unspecified atom stereocenters. The molecule has 0 bridgehead atoms. The summed E-state index contributed by atoms with van der Waals surface area (Å²) in [5.74, 6) is 0. The molecule has 0 aromatic rings. The van der Waals surface area contributed by atoms with E-state index in [4.69, 9.17) is 0 Å². The molecule has 1 nitrogen and oxygen atoms in total. The molecule has 1 N–H and O–H groups in total.